The Kier molecular flexibility index (Phi) is 5.45. The largest absolute Gasteiger partial charge is 0.403 e. The molecule has 0 unspecified atom stereocenters. The SMILES string of the molecule is O=C(CCS(=O)(=O)c1ccc(F)cc1)Nc1nnc(-c2ccc(F)cc2F)o1. The maximum Gasteiger partial charge on any atom is 0.322 e. The van der Waals surface area contributed by atoms with Crippen molar-refractivity contribution < 1.29 is 30.8 Å². The van der Waals surface area contributed by atoms with Crippen molar-refractivity contribution in [3.63, 3.8) is 0 Å². The van der Waals surface area contributed by atoms with E-state index in [1.54, 1.807) is 0 Å². The average molecular weight is 411 g/mol. The fourth-order valence-corrected chi connectivity index (χ4v) is 3.45. The van der Waals surface area contributed by atoms with Gasteiger partial charge in [-0.2, -0.15) is 0 Å². The third-order valence-corrected chi connectivity index (χ3v) is 5.34. The van der Waals surface area contributed by atoms with Gasteiger partial charge in [0, 0.05) is 12.5 Å². The fraction of sp³-hybridized carbons (Fsp3) is 0.118. The summed E-state index contributed by atoms with van der Waals surface area (Å²) in [6.45, 7) is 0. The van der Waals surface area contributed by atoms with Crippen molar-refractivity contribution in [3.05, 3.63) is 59.9 Å². The molecule has 1 amide bonds. The molecule has 11 heteroatoms. The van der Waals surface area contributed by atoms with Crippen molar-refractivity contribution in [1.82, 2.24) is 10.2 Å². The number of rotatable bonds is 6. The molecule has 1 aromatic heterocycles. The molecule has 1 N–H and O–H groups in total. The lowest BCUT2D eigenvalue weighted by molar-refractivity contribution is -0.115. The summed E-state index contributed by atoms with van der Waals surface area (Å²) in [4.78, 5) is 11.8. The average Bonchev–Trinajstić information content (AvgIpc) is 3.08. The second-order valence-electron chi connectivity index (χ2n) is 5.61. The standard InChI is InChI=1S/C17H12F3N3O4S/c18-10-1-4-12(5-2-10)28(25,26)8-7-15(24)21-17-23-22-16(27-17)13-6-3-11(19)9-14(13)20/h1-6,9H,7-8H2,(H,21,23,24). The van der Waals surface area contributed by atoms with Crippen molar-refractivity contribution in [1.29, 1.82) is 0 Å². The minimum absolute atomic E-state index is 0.117. The minimum atomic E-state index is -3.79. The molecular formula is C17H12F3N3O4S. The van der Waals surface area contributed by atoms with Gasteiger partial charge in [0.15, 0.2) is 9.84 Å². The van der Waals surface area contributed by atoms with E-state index < -0.39 is 45.4 Å². The van der Waals surface area contributed by atoms with Crippen LogP contribution in [0.2, 0.25) is 0 Å². The molecule has 0 bridgehead atoms. The number of nitrogens with one attached hydrogen (secondary N) is 1. The molecule has 0 aliphatic carbocycles. The van der Waals surface area contributed by atoms with Crippen LogP contribution in [0.5, 0.6) is 0 Å². The molecule has 0 aliphatic heterocycles. The Bertz CT molecular complexity index is 1110. The predicted octanol–water partition coefficient (Wildman–Crippen LogP) is 2.96. The van der Waals surface area contributed by atoms with Crippen molar-refractivity contribution in [2.45, 2.75) is 11.3 Å². The zero-order chi connectivity index (χ0) is 20.3. The van der Waals surface area contributed by atoms with E-state index in [0.717, 1.165) is 36.4 Å². The Balaban J connectivity index is 1.62. The maximum atomic E-state index is 13.7. The van der Waals surface area contributed by atoms with E-state index in [4.69, 9.17) is 4.42 Å². The van der Waals surface area contributed by atoms with Crippen LogP contribution >= 0.6 is 0 Å². The maximum absolute atomic E-state index is 13.7. The Morgan fingerprint density at radius 1 is 1.00 bits per heavy atom. The fourth-order valence-electron chi connectivity index (χ4n) is 2.21. The van der Waals surface area contributed by atoms with E-state index in [1.807, 2.05) is 0 Å². The number of aromatic nitrogens is 2. The highest BCUT2D eigenvalue weighted by molar-refractivity contribution is 7.91. The van der Waals surface area contributed by atoms with Crippen LogP contribution in [-0.4, -0.2) is 30.3 Å². The van der Waals surface area contributed by atoms with E-state index in [9.17, 15) is 26.4 Å². The van der Waals surface area contributed by atoms with E-state index in [2.05, 4.69) is 15.5 Å². The molecule has 3 aromatic rings. The smallest absolute Gasteiger partial charge is 0.322 e. The monoisotopic (exact) mass is 411 g/mol. The van der Waals surface area contributed by atoms with Crippen molar-refractivity contribution >= 4 is 21.8 Å². The summed E-state index contributed by atoms with van der Waals surface area (Å²) in [5.41, 5.74) is -0.159. The number of nitrogens with zero attached hydrogens (tertiary/aromatic N) is 2. The third kappa shape index (κ3) is 4.55. The lowest BCUT2D eigenvalue weighted by Crippen LogP contribution is -2.17. The van der Waals surface area contributed by atoms with Gasteiger partial charge in [0.1, 0.15) is 17.5 Å². The minimum Gasteiger partial charge on any atom is -0.403 e. The van der Waals surface area contributed by atoms with Gasteiger partial charge in [-0.25, -0.2) is 21.6 Å². The van der Waals surface area contributed by atoms with Gasteiger partial charge < -0.3 is 4.42 Å². The molecule has 1 heterocycles. The Morgan fingerprint density at radius 3 is 2.36 bits per heavy atom. The Labute approximate surface area is 157 Å². The number of sulfone groups is 1. The molecule has 3 rings (SSSR count). The number of amides is 1. The lowest BCUT2D eigenvalue weighted by atomic mass is 10.2. The summed E-state index contributed by atoms with van der Waals surface area (Å²) in [6.07, 6.45) is -0.428. The van der Waals surface area contributed by atoms with Crippen LogP contribution in [0.15, 0.2) is 51.8 Å². The summed E-state index contributed by atoms with van der Waals surface area (Å²) < 4.78 is 68.8. The molecule has 0 fully saturated rings. The first kappa shape index (κ1) is 19.5. The van der Waals surface area contributed by atoms with Gasteiger partial charge in [-0.3, -0.25) is 10.1 Å². The summed E-state index contributed by atoms with van der Waals surface area (Å²) in [6, 6.07) is 6.57. The molecule has 2 aromatic carbocycles. The molecular weight excluding hydrogens is 399 g/mol. The van der Waals surface area contributed by atoms with Crippen LogP contribution < -0.4 is 5.32 Å². The van der Waals surface area contributed by atoms with Crippen LogP contribution in [-0.2, 0) is 14.6 Å². The number of anilines is 1. The topological polar surface area (TPSA) is 102 Å². The molecule has 0 radical (unpaired) electrons. The first-order valence-corrected chi connectivity index (χ1v) is 9.47. The zero-order valence-corrected chi connectivity index (χ0v) is 14.8. The number of benzene rings is 2. The Morgan fingerprint density at radius 2 is 1.68 bits per heavy atom. The van der Waals surface area contributed by atoms with Crippen LogP contribution in [0.1, 0.15) is 6.42 Å². The summed E-state index contributed by atoms with van der Waals surface area (Å²) in [5, 5.41) is 9.25. The first-order valence-electron chi connectivity index (χ1n) is 7.82. The van der Waals surface area contributed by atoms with Crippen molar-refractivity contribution in [2.75, 3.05) is 11.1 Å². The number of hydrogen-bond donors (Lipinski definition) is 1. The van der Waals surface area contributed by atoms with Gasteiger partial charge in [0.05, 0.1) is 16.2 Å². The quantitative estimate of drug-likeness (QED) is 0.626. The number of halogens is 3. The number of carbonyl (C=O) groups excluding carboxylic acids is 1. The van der Waals surface area contributed by atoms with Crippen LogP contribution in [0, 0.1) is 17.5 Å². The summed E-state index contributed by atoms with van der Waals surface area (Å²) in [7, 11) is -3.79. The second-order valence-corrected chi connectivity index (χ2v) is 7.72. The molecule has 0 aliphatic rings. The third-order valence-electron chi connectivity index (χ3n) is 3.60. The van der Waals surface area contributed by atoms with Gasteiger partial charge in [-0.15, -0.1) is 5.10 Å². The van der Waals surface area contributed by atoms with Crippen LogP contribution in [0.4, 0.5) is 19.2 Å². The first-order chi connectivity index (χ1) is 13.2. The molecule has 0 spiro atoms. The molecule has 28 heavy (non-hydrogen) atoms. The number of hydrogen-bond acceptors (Lipinski definition) is 6. The molecule has 146 valence electrons. The van der Waals surface area contributed by atoms with E-state index in [-0.39, 0.29) is 22.4 Å². The van der Waals surface area contributed by atoms with E-state index >= 15 is 0 Å². The predicted molar refractivity (Wildman–Crippen MR) is 91.3 cm³/mol. The van der Waals surface area contributed by atoms with Crippen LogP contribution in [0.3, 0.4) is 0 Å². The summed E-state index contributed by atoms with van der Waals surface area (Å²) in [5.74, 6) is -3.84. The molecule has 0 saturated heterocycles. The van der Waals surface area contributed by atoms with Gasteiger partial charge in [-0.1, -0.05) is 5.10 Å². The highest BCUT2D eigenvalue weighted by Gasteiger charge is 2.19. The zero-order valence-electron chi connectivity index (χ0n) is 14.0. The normalized spacial score (nSPS) is 11.4. The lowest BCUT2D eigenvalue weighted by Gasteiger charge is -2.04. The van der Waals surface area contributed by atoms with Gasteiger partial charge in [-0.05, 0) is 36.4 Å². The highest BCUT2D eigenvalue weighted by Crippen LogP contribution is 2.23. The van der Waals surface area contributed by atoms with Gasteiger partial charge >= 0.3 is 6.01 Å². The molecule has 0 atom stereocenters. The van der Waals surface area contributed by atoms with Crippen LogP contribution in [0.25, 0.3) is 11.5 Å². The Hall–Kier alpha value is -3.21. The highest BCUT2D eigenvalue weighted by atomic mass is 32.2. The van der Waals surface area contributed by atoms with E-state index in [0.29, 0.717) is 6.07 Å². The van der Waals surface area contributed by atoms with Gasteiger partial charge in [0.2, 0.25) is 5.91 Å². The van der Waals surface area contributed by atoms with E-state index in [1.165, 1.54) is 0 Å². The van der Waals surface area contributed by atoms with Crippen molar-refractivity contribution in [2.24, 2.45) is 0 Å². The second kappa shape index (κ2) is 7.80. The summed E-state index contributed by atoms with van der Waals surface area (Å²) >= 11 is 0. The molecule has 0 saturated carbocycles. The number of carbonyl (C=O) groups is 1. The molecule has 7 nitrogen and oxygen atoms in total. The van der Waals surface area contributed by atoms with Crippen molar-refractivity contribution in [3.8, 4) is 11.5 Å². The van der Waals surface area contributed by atoms with Gasteiger partial charge in [0.25, 0.3) is 5.89 Å².